The molecule has 10 heteroatoms. The fourth-order valence-corrected chi connectivity index (χ4v) is 4.66. The molecule has 1 N–H and O–H groups in total. The number of urea groups is 1. The zero-order valence-corrected chi connectivity index (χ0v) is 16.9. The Kier molecular flexibility index (Phi) is 5.17. The summed E-state index contributed by atoms with van der Waals surface area (Å²) in [6.07, 6.45) is 3.45. The molecule has 0 atom stereocenters. The van der Waals surface area contributed by atoms with Gasteiger partial charge in [-0.05, 0) is 18.9 Å². The number of anilines is 2. The second kappa shape index (κ2) is 7.73. The summed E-state index contributed by atoms with van der Waals surface area (Å²) in [6, 6.07) is 2.07. The molecule has 1 aliphatic heterocycles. The average Bonchev–Trinajstić information content (AvgIpc) is 3.34. The van der Waals surface area contributed by atoms with Gasteiger partial charge in [0.05, 0.1) is 5.39 Å². The summed E-state index contributed by atoms with van der Waals surface area (Å²) in [5.41, 5.74) is 0. The Labute approximate surface area is 165 Å². The van der Waals surface area contributed by atoms with E-state index in [0.29, 0.717) is 18.2 Å². The molecule has 0 bridgehead atoms. The van der Waals surface area contributed by atoms with Gasteiger partial charge in [-0.15, -0.1) is 21.5 Å². The van der Waals surface area contributed by atoms with Crippen LogP contribution in [-0.4, -0.2) is 57.3 Å². The maximum Gasteiger partial charge on any atom is 0.323 e. The lowest BCUT2D eigenvalue weighted by Gasteiger charge is -2.35. The molecule has 0 spiro atoms. The number of amides is 2. The molecule has 0 saturated carbocycles. The number of aromatic nitrogens is 4. The van der Waals surface area contributed by atoms with E-state index < -0.39 is 0 Å². The van der Waals surface area contributed by atoms with Crippen LogP contribution in [0.3, 0.4) is 0 Å². The van der Waals surface area contributed by atoms with Gasteiger partial charge in [-0.1, -0.05) is 25.2 Å². The van der Waals surface area contributed by atoms with Crippen LogP contribution < -0.4 is 10.2 Å². The molecule has 0 aliphatic carbocycles. The molecule has 4 heterocycles. The number of fused-ring (bicyclic) bond motifs is 1. The van der Waals surface area contributed by atoms with Crippen LogP contribution in [0.2, 0.25) is 0 Å². The summed E-state index contributed by atoms with van der Waals surface area (Å²) < 4.78 is 0. The number of thiophene rings is 1. The maximum absolute atomic E-state index is 12.5. The van der Waals surface area contributed by atoms with Gasteiger partial charge in [-0.25, -0.2) is 14.8 Å². The number of carbonyl (C=O) groups excluding carboxylic acids is 1. The standard InChI is InChI=1S/C17H21N7OS2/c1-3-11-9-12-14(18-10-19-15(12)26-11)23-5-7-24(8-6-23)17(25)20-16-22-21-13(4-2)27-16/h9-10H,3-8H2,1-2H3,(H,20,22,25). The van der Waals surface area contributed by atoms with Crippen molar-refractivity contribution in [3.05, 3.63) is 22.3 Å². The number of nitrogens with one attached hydrogen (secondary N) is 1. The number of hydrogen-bond acceptors (Lipinski definition) is 8. The lowest BCUT2D eigenvalue weighted by molar-refractivity contribution is 0.208. The molecule has 3 aromatic heterocycles. The highest BCUT2D eigenvalue weighted by Gasteiger charge is 2.24. The normalized spacial score (nSPS) is 14.7. The number of piperazine rings is 1. The molecular formula is C17H21N7OS2. The highest BCUT2D eigenvalue weighted by atomic mass is 32.1. The van der Waals surface area contributed by atoms with Crippen LogP contribution in [0.1, 0.15) is 23.7 Å². The Morgan fingerprint density at radius 2 is 1.93 bits per heavy atom. The monoisotopic (exact) mass is 403 g/mol. The quantitative estimate of drug-likeness (QED) is 0.720. The van der Waals surface area contributed by atoms with Gasteiger partial charge in [0.2, 0.25) is 5.13 Å². The molecule has 142 valence electrons. The Hall–Kier alpha value is -2.33. The summed E-state index contributed by atoms with van der Waals surface area (Å²) in [4.78, 5) is 27.8. The highest BCUT2D eigenvalue weighted by Crippen LogP contribution is 2.31. The molecule has 8 nitrogen and oxygen atoms in total. The van der Waals surface area contributed by atoms with Crippen molar-refractivity contribution in [3.63, 3.8) is 0 Å². The second-order valence-corrected chi connectivity index (χ2v) is 8.42. The van der Waals surface area contributed by atoms with E-state index in [2.05, 4.69) is 43.4 Å². The molecule has 1 aliphatic rings. The fourth-order valence-electron chi connectivity index (χ4n) is 3.06. The number of nitrogens with zero attached hydrogens (tertiary/aromatic N) is 6. The van der Waals surface area contributed by atoms with E-state index in [1.807, 2.05) is 11.8 Å². The molecule has 1 fully saturated rings. The SMILES string of the molecule is CCc1cc2c(N3CCN(C(=O)Nc4nnc(CC)s4)CC3)ncnc2s1. The van der Waals surface area contributed by atoms with Crippen LogP contribution in [0.15, 0.2) is 12.4 Å². The van der Waals surface area contributed by atoms with Gasteiger partial charge < -0.3 is 9.80 Å². The van der Waals surface area contributed by atoms with Gasteiger partial charge in [0.15, 0.2) is 0 Å². The van der Waals surface area contributed by atoms with Gasteiger partial charge >= 0.3 is 6.03 Å². The molecule has 0 unspecified atom stereocenters. The zero-order chi connectivity index (χ0) is 18.8. The first-order chi connectivity index (χ1) is 13.2. The van der Waals surface area contributed by atoms with Gasteiger partial charge in [-0.3, -0.25) is 5.32 Å². The molecule has 1 saturated heterocycles. The van der Waals surface area contributed by atoms with E-state index in [4.69, 9.17) is 0 Å². The third-order valence-corrected chi connectivity index (χ3v) is 6.73. The molecular weight excluding hydrogens is 382 g/mol. The predicted octanol–water partition coefficient (Wildman–Crippen LogP) is 3.02. The van der Waals surface area contributed by atoms with Crippen molar-refractivity contribution in [2.24, 2.45) is 0 Å². The van der Waals surface area contributed by atoms with Gasteiger partial charge in [0.1, 0.15) is 22.0 Å². The van der Waals surface area contributed by atoms with Crippen molar-refractivity contribution >= 4 is 49.9 Å². The van der Waals surface area contributed by atoms with Crippen molar-refractivity contribution in [2.75, 3.05) is 36.4 Å². The smallest absolute Gasteiger partial charge is 0.323 e. The van der Waals surface area contributed by atoms with Crippen LogP contribution in [0.25, 0.3) is 10.2 Å². The summed E-state index contributed by atoms with van der Waals surface area (Å²) in [5.74, 6) is 0.965. The molecule has 2 amide bonds. The molecule has 4 rings (SSSR count). The zero-order valence-electron chi connectivity index (χ0n) is 15.3. The Balaban J connectivity index is 1.41. The van der Waals surface area contributed by atoms with Gasteiger partial charge in [0.25, 0.3) is 0 Å². The lowest BCUT2D eigenvalue weighted by atomic mass is 10.2. The predicted molar refractivity (Wildman–Crippen MR) is 109 cm³/mol. The van der Waals surface area contributed by atoms with E-state index in [-0.39, 0.29) is 6.03 Å². The first-order valence-corrected chi connectivity index (χ1v) is 10.7. The van der Waals surface area contributed by atoms with Crippen LogP contribution in [0.5, 0.6) is 0 Å². The summed E-state index contributed by atoms with van der Waals surface area (Å²) in [6.45, 7) is 6.94. The minimum atomic E-state index is -0.120. The van der Waals surface area contributed by atoms with Crippen LogP contribution in [0.4, 0.5) is 15.7 Å². The Morgan fingerprint density at radius 3 is 2.63 bits per heavy atom. The number of rotatable bonds is 4. The first kappa shape index (κ1) is 18.1. The molecule has 0 radical (unpaired) electrons. The summed E-state index contributed by atoms with van der Waals surface area (Å²) >= 11 is 3.14. The number of carbonyl (C=O) groups is 1. The maximum atomic E-state index is 12.5. The minimum absolute atomic E-state index is 0.120. The van der Waals surface area contributed by atoms with E-state index in [0.717, 1.165) is 47.0 Å². The highest BCUT2D eigenvalue weighted by molar-refractivity contribution is 7.18. The van der Waals surface area contributed by atoms with Crippen molar-refractivity contribution in [3.8, 4) is 0 Å². The topological polar surface area (TPSA) is 87.1 Å². The summed E-state index contributed by atoms with van der Waals surface area (Å²) in [7, 11) is 0. The van der Waals surface area contributed by atoms with Crippen molar-refractivity contribution < 1.29 is 4.79 Å². The van der Waals surface area contributed by atoms with Crippen molar-refractivity contribution in [2.45, 2.75) is 26.7 Å². The van der Waals surface area contributed by atoms with Gasteiger partial charge in [-0.2, -0.15) is 0 Å². The minimum Gasteiger partial charge on any atom is -0.352 e. The largest absolute Gasteiger partial charge is 0.352 e. The van der Waals surface area contributed by atoms with Crippen molar-refractivity contribution in [1.82, 2.24) is 25.1 Å². The summed E-state index contributed by atoms with van der Waals surface area (Å²) in [5, 5.41) is 13.5. The number of aryl methyl sites for hydroxylation is 2. The van der Waals surface area contributed by atoms with E-state index in [1.165, 1.54) is 16.2 Å². The van der Waals surface area contributed by atoms with E-state index in [9.17, 15) is 4.79 Å². The van der Waals surface area contributed by atoms with Gasteiger partial charge in [0, 0.05) is 31.1 Å². The van der Waals surface area contributed by atoms with Crippen molar-refractivity contribution in [1.29, 1.82) is 0 Å². The molecule has 27 heavy (non-hydrogen) atoms. The molecule has 3 aromatic rings. The van der Waals surface area contributed by atoms with Crippen LogP contribution in [0, 0.1) is 0 Å². The average molecular weight is 404 g/mol. The Morgan fingerprint density at radius 1 is 1.11 bits per heavy atom. The second-order valence-electron chi connectivity index (χ2n) is 6.24. The lowest BCUT2D eigenvalue weighted by Crippen LogP contribution is -2.50. The number of hydrogen-bond donors (Lipinski definition) is 1. The Bertz CT molecular complexity index is 946. The van der Waals surface area contributed by atoms with Crippen LogP contribution >= 0.6 is 22.7 Å². The fraction of sp³-hybridized carbons (Fsp3) is 0.471. The van der Waals surface area contributed by atoms with E-state index >= 15 is 0 Å². The third kappa shape index (κ3) is 3.72. The van der Waals surface area contributed by atoms with Crippen LogP contribution in [-0.2, 0) is 12.8 Å². The van der Waals surface area contributed by atoms with E-state index in [1.54, 1.807) is 17.7 Å². The first-order valence-electron chi connectivity index (χ1n) is 9.04. The third-order valence-electron chi connectivity index (χ3n) is 4.56. The molecule has 0 aromatic carbocycles.